The maximum atomic E-state index is 6.16. The van der Waals surface area contributed by atoms with E-state index in [1.807, 2.05) is 6.07 Å². The van der Waals surface area contributed by atoms with Gasteiger partial charge < -0.3 is 10.2 Å². The molecule has 1 fully saturated rings. The largest absolute Gasteiger partial charge is 0.365 e. The molecule has 100 valence electrons. The van der Waals surface area contributed by atoms with Gasteiger partial charge in [-0.15, -0.1) is 0 Å². The van der Waals surface area contributed by atoms with Crippen LogP contribution in [-0.4, -0.2) is 24.7 Å². The Morgan fingerprint density at radius 2 is 2.17 bits per heavy atom. The molecular weight excluding hydrogens is 244 g/mol. The van der Waals surface area contributed by atoms with Crippen LogP contribution in [0.15, 0.2) is 18.2 Å². The lowest BCUT2D eigenvalue weighted by Crippen LogP contribution is -2.61. The SMILES string of the molecule is CCC1CNC(C)(C)CN1c1cc(Cl)ccc1C. The number of hydrogen-bond donors (Lipinski definition) is 1. The third kappa shape index (κ3) is 2.81. The molecule has 1 aliphatic heterocycles. The minimum Gasteiger partial charge on any atom is -0.365 e. The molecule has 1 atom stereocenters. The van der Waals surface area contributed by atoms with Crippen LogP contribution in [0.4, 0.5) is 5.69 Å². The number of nitrogens with zero attached hydrogens (tertiary/aromatic N) is 1. The van der Waals surface area contributed by atoms with Gasteiger partial charge in [0, 0.05) is 35.4 Å². The molecule has 0 spiro atoms. The van der Waals surface area contributed by atoms with Crippen molar-refractivity contribution in [1.29, 1.82) is 0 Å². The molecule has 1 unspecified atom stereocenters. The third-order valence-electron chi connectivity index (χ3n) is 3.77. The van der Waals surface area contributed by atoms with Gasteiger partial charge in [-0.05, 0) is 44.9 Å². The minimum atomic E-state index is 0.153. The highest BCUT2D eigenvalue weighted by molar-refractivity contribution is 6.30. The molecule has 1 aromatic carbocycles. The van der Waals surface area contributed by atoms with Crippen LogP contribution in [0.5, 0.6) is 0 Å². The molecule has 1 aromatic rings. The van der Waals surface area contributed by atoms with Crippen molar-refractivity contribution in [2.75, 3.05) is 18.0 Å². The quantitative estimate of drug-likeness (QED) is 0.880. The molecule has 1 heterocycles. The summed E-state index contributed by atoms with van der Waals surface area (Å²) in [6.45, 7) is 11.0. The van der Waals surface area contributed by atoms with Gasteiger partial charge in [0.1, 0.15) is 0 Å². The zero-order chi connectivity index (χ0) is 13.3. The molecule has 1 N–H and O–H groups in total. The van der Waals surface area contributed by atoms with Gasteiger partial charge >= 0.3 is 0 Å². The monoisotopic (exact) mass is 266 g/mol. The normalized spacial score (nSPS) is 23.2. The number of halogens is 1. The average Bonchev–Trinajstić information content (AvgIpc) is 2.31. The molecule has 0 radical (unpaired) electrons. The van der Waals surface area contributed by atoms with Gasteiger partial charge in [-0.25, -0.2) is 0 Å². The van der Waals surface area contributed by atoms with Crippen molar-refractivity contribution in [3.8, 4) is 0 Å². The standard InChI is InChI=1S/C15H23ClN2/c1-5-13-9-17-15(3,4)10-18(13)14-8-12(16)7-6-11(14)2/h6-8,13,17H,5,9-10H2,1-4H3. The first-order valence-corrected chi connectivity index (χ1v) is 7.08. The van der Waals surface area contributed by atoms with Crippen LogP contribution in [0.25, 0.3) is 0 Å². The van der Waals surface area contributed by atoms with Crippen molar-refractivity contribution < 1.29 is 0 Å². The fourth-order valence-electron chi connectivity index (χ4n) is 2.65. The predicted molar refractivity (Wildman–Crippen MR) is 79.7 cm³/mol. The zero-order valence-corrected chi connectivity index (χ0v) is 12.5. The van der Waals surface area contributed by atoms with Gasteiger partial charge in [0.2, 0.25) is 0 Å². The van der Waals surface area contributed by atoms with Gasteiger partial charge in [0.05, 0.1) is 0 Å². The smallest absolute Gasteiger partial charge is 0.0426 e. The Labute approximate surface area is 115 Å². The van der Waals surface area contributed by atoms with Gasteiger partial charge in [0.25, 0.3) is 0 Å². The number of piperazine rings is 1. The molecule has 0 bridgehead atoms. The number of benzene rings is 1. The number of hydrogen-bond acceptors (Lipinski definition) is 2. The van der Waals surface area contributed by atoms with Crippen LogP contribution in [0, 0.1) is 6.92 Å². The summed E-state index contributed by atoms with van der Waals surface area (Å²) in [7, 11) is 0. The van der Waals surface area contributed by atoms with Crippen molar-refractivity contribution in [2.45, 2.75) is 45.7 Å². The Balaban J connectivity index is 2.35. The molecular formula is C15H23ClN2. The van der Waals surface area contributed by atoms with E-state index in [1.54, 1.807) is 0 Å². The van der Waals surface area contributed by atoms with E-state index in [-0.39, 0.29) is 5.54 Å². The summed E-state index contributed by atoms with van der Waals surface area (Å²) in [5.41, 5.74) is 2.74. The number of rotatable bonds is 2. The summed E-state index contributed by atoms with van der Waals surface area (Å²) in [4.78, 5) is 2.51. The van der Waals surface area contributed by atoms with Crippen molar-refractivity contribution in [3.05, 3.63) is 28.8 Å². The number of anilines is 1. The van der Waals surface area contributed by atoms with E-state index < -0.39 is 0 Å². The molecule has 1 aliphatic rings. The van der Waals surface area contributed by atoms with Crippen molar-refractivity contribution in [1.82, 2.24) is 5.32 Å². The van der Waals surface area contributed by atoms with Crippen molar-refractivity contribution >= 4 is 17.3 Å². The predicted octanol–water partition coefficient (Wildman–Crippen LogP) is 3.62. The van der Waals surface area contributed by atoms with Crippen LogP contribution in [-0.2, 0) is 0 Å². The molecule has 0 aromatic heterocycles. The number of nitrogens with one attached hydrogen (secondary N) is 1. The molecule has 3 heteroatoms. The van der Waals surface area contributed by atoms with Crippen LogP contribution in [0.3, 0.4) is 0 Å². The maximum Gasteiger partial charge on any atom is 0.0426 e. The molecule has 0 amide bonds. The van der Waals surface area contributed by atoms with Gasteiger partial charge in [-0.1, -0.05) is 24.6 Å². The zero-order valence-electron chi connectivity index (χ0n) is 11.8. The lowest BCUT2D eigenvalue weighted by atomic mass is 9.96. The van der Waals surface area contributed by atoms with E-state index in [9.17, 15) is 0 Å². The molecule has 0 aliphatic carbocycles. The molecule has 18 heavy (non-hydrogen) atoms. The summed E-state index contributed by atoms with van der Waals surface area (Å²) in [5.74, 6) is 0. The van der Waals surface area contributed by atoms with Crippen molar-refractivity contribution in [3.63, 3.8) is 0 Å². The highest BCUT2D eigenvalue weighted by Crippen LogP contribution is 2.30. The minimum absolute atomic E-state index is 0.153. The van der Waals surface area contributed by atoms with E-state index in [0.29, 0.717) is 6.04 Å². The van der Waals surface area contributed by atoms with E-state index >= 15 is 0 Å². The second-order valence-electron chi connectivity index (χ2n) is 5.89. The Bertz CT molecular complexity index is 429. The van der Waals surface area contributed by atoms with Gasteiger partial charge in [-0.2, -0.15) is 0 Å². The summed E-state index contributed by atoms with van der Waals surface area (Å²) >= 11 is 6.16. The van der Waals surface area contributed by atoms with Crippen LogP contribution in [0.2, 0.25) is 5.02 Å². The molecule has 2 nitrogen and oxygen atoms in total. The molecule has 2 rings (SSSR count). The molecule has 0 saturated carbocycles. The van der Waals surface area contributed by atoms with Crippen LogP contribution in [0.1, 0.15) is 32.8 Å². The fraction of sp³-hybridized carbons (Fsp3) is 0.600. The topological polar surface area (TPSA) is 15.3 Å². The lowest BCUT2D eigenvalue weighted by molar-refractivity contribution is 0.306. The van der Waals surface area contributed by atoms with Crippen LogP contribution < -0.4 is 10.2 Å². The van der Waals surface area contributed by atoms with Crippen LogP contribution >= 0.6 is 11.6 Å². The number of aryl methyl sites for hydroxylation is 1. The summed E-state index contributed by atoms with van der Waals surface area (Å²) in [5, 5.41) is 4.44. The second kappa shape index (κ2) is 5.10. The Kier molecular flexibility index (Phi) is 3.88. The Hall–Kier alpha value is -0.730. The van der Waals surface area contributed by atoms with Gasteiger partial charge in [0.15, 0.2) is 0 Å². The fourth-order valence-corrected chi connectivity index (χ4v) is 2.82. The summed E-state index contributed by atoms with van der Waals surface area (Å²) in [6.07, 6.45) is 1.15. The highest BCUT2D eigenvalue weighted by Gasteiger charge is 2.32. The lowest BCUT2D eigenvalue weighted by Gasteiger charge is -2.46. The van der Waals surface area contributed by atoms with E-state index in [1.165, 1.54) is 11.3 Å². The third-order valence-corrected chi connectivity index (χ3v) is 4.01. The Morgan fingerprint density at radius 3 is 2.83 bits per heavy atom. The van der Waals surface area contributed by atoms with E-state index in [2.05, 4.69) is 50.0 Å². The first-order valence-electron chi connectivity index (χ1n) is 6.71. The molecule has 1 saturated heterocycles. The van der Waals surface area contributed by atoms with E-state index in [0.717, 1.165) is 24.5 Å². The highest BCUT2D eigenvalue weighted by atomic mass is 35.5. The van der Waals surface area contributed by atoms with Crippen molar-refractivity contribution in [2.24, 2.45) is 0 Å². The Morgan fingerprint density at radius 1 is 1.44 bits per heavy atom. The van der Waals surface area contributed by atoms with E-state index in [4.69, 9.17) is 11.6 Å². The summed E-state index contributed by atoms with van der Waals surface area (Å²) < 4.78 is 0. The first-order chi connectivity index (χ1) is 8.43. The average molecular weight is 267 g/mol. The summed E-state index contributed by atoms with van der Waals surface area (Å²) in [6, 6.07) is 6.73. The van der Waals surface area contributed by atoms with Gasteiger partial charge in [-0.3, -0.25) is 0 Å². The first kappa shape index (κ1) is 13.7. The second-order valence-corrected chi connectivity index (χ2v) is 6.32. The maximum absolute atomic E-state index is 6.16.